The van der Waals surface area contributed by atoms with Crippen molar-refractivity contribution in [2.24, 2.45) is 0 Å². The molecular weight excluding hydrogens is 643 g/mol. The Balaban J connectivity index is 1.22. The third-order valence-corrected chi connectivity index (χ3v) is 8.76. The molecule has 2 aliphatic rings. The van der Waals surface area contributed by atoms with Gasteiger partial charge in [-0.25, -0.2) is 9.37 Å². The molecule has 6 rings (SSSR count). The van der Waals surface area contributed by atoms with Crippen LogP contribution in [0, 0.1) is 5.82 Å². The van der Waals surface area contributed by atoms with E-state index in [2.05, 4.69) is 20.6 Å². The van der Waals surface area contributed by atoms with Crippen LogP contribution < -0.4 is 15.4 Å². The number of nitrogens with one attached hydrogen (secondary N) is 2. The van der Waals surface area contributed by atoms with Crippen molar-refractivity contribution < 1.29 is 28.3 Å². The molecule has 6 bridgehead atoms. The fourth-order valence-electron chi connectivity index (χ4n) is 6.25. The summed E-state index contributed by atoms with van der Waals surface area (Å²) in [6, 6.07) is 13.0. The molecule has 14 heteroatoms. The van der Waals surface area contributed by atoms with Crippen molar-refractivity contribution in [3.8, 4) is 5.75 Å². The Labute approximate surface area is 288 Å². The zero-order valence-corrected chi connectivity index (χ0v) is 27.6. The van der Waals surface area contributed by atoms with Crippen LogP contribution in [0.25, 0.3) is 0 Å². The number of hydrogen-bond donors (Lipinski definition) is 2. The van der Waals surface area contributed by atoms with Crippen LogP contribution >= 0.6 is 0 Å². The van der Waals surface area contributed by atoms with Gasteiger partial charge < -0.3 is 29.7 Å². The van der Waals surface area contributed by atoms with Crippen molar-refractivity contribution >= 4 is 23.6 Å². The van der Waals surface area contributed by atoms with Crippen molar-refractivity contribution in [1.82, 2.24) is 40.0 Å². The summed E-state index contributed by atoms with van der Waals surface area (Å²) < 4.78 is 22.1. The van der Waals surface area contributed by atoms with Gasteiger partial charge in [0.2, 0.25) is 23.6 Å². The molecular formula is C36H39FN8O5. The summed E-state index contributed by atoms with van der Waals surface area (Å²) in [5, 5.41) is 5.66. The molecule has 0 fully saturated rings. The summed E-state index contributed by atoms with van der Waals surface area (Å²) in [6.07, 6.45) is 7.94. The molecule has 1 unspecified atom stereocenters. The highest BCUT2D eigenvalue weighted by atomic mass is 19.1. The number of ether oxygens (including phenoxy) is 1. The Bertz CT molecular complexity index is 1830. The number of amides is 4. The number of hydrogen-bond acceptors (Lipinski definition) is 8. The highest BCUT2D eigenvalue weighted by molar-refractivity contribution is 5.86. The minimum Gasteiger partial charge on any atom is -0.494 e. The van der Waals surface area contributed by atoms with Crippen molar-refractivity contribution in [3.05, 3.63) is 107 Å². The Morgan fingerprint density at radius 1 is 0.940 bits per heavy atom. The number of fused-ring (bicyclic) bond motifs is 3. The number of benzene rings is 2. The normalized spacial score (nSPS) is 17.3. The van der Waals surface area contributed by atoms with Gasteiger partial charge in [-0.15, -0.1) is 0 Å². The second kappa shape index (κ2) is 16.2. The second-order valence-corrected chi connectivity index (χ2v) is 12.2. The molecule has 13 nitrogen and oxygen atoms in total. The molecule has 2 aliphatic heterocycles. The number of carbonyl (C=O) groups excluding carboxylic acids is 4. The predicted molar refractivity (Wildman–Crippen MR) is 179 cm³/mol. The third-order valence-electron chi connectivity index (χ3n) is 8.76. The van der Waals surface area contributed by atoms with Crippen LogP contribution in [0.15, 0.2) is 73.4 Å². The first-order valence-electron chi connectivity index (χ1n) is 16.7. The Morgan fingerprint density at radius 3 is 2.62 bits per heavy atom. The Morgan fingerprint density at radius 2 is 1.78 bits per heavy atom. The maximum atomic E-state index is 14.3. The van der Waals surface area contributed by atoms with Gasteiger partial charge in [0.05, 0.1) is 37.3 Å². The van der Waals surface area contributed by atoms with E-state index in [0.29, 0.717) is 50.4 Å². The number of aryl methyl sites for hydroxylation is 1. The van der Waals surface area contributed by atoms with Crippen molar-refractivity contribution in [3.63, 3.8) is 0 Å². The van der Waals surface area contributed by atoms with Crippen LogP contribution in [0.2, 0.25) is 0 Å². The van der Waals surface area contributed by atoms with E-state index in [1.807, 2.05) is 29.2 Å². The summed E-state index contributed by atoms with van der Waals surface area (Å²) in [6.45, 7) is 0.926. The standard InChI is InChI=1S/C36H39FN8O5/c37-29-8-2-1-5-25(29)20-34(49)43-17-15-41-32(47)23-44-24-42-35-30(44)11-16-45(33(48)10-9-27-21-38-13-14-39-27)36(35)26-6-3-7-28(19-26)50-18-4-12-40-31(46)22-43/h1-3,5-8,13-14,19,21,24,36H,4,9-12,15-18,20,22-23H2,(H,40,46)(H,41,47). The van der Waals surface area contributed by atoms with Gasteiger partial charge in [0, 0.05) is 63.3 Å². The van der Waals surface area contributed by atoms with Crippen LogP contribution in [0.1, 0.15) is 47.1 Å². The molecule has 4 aromatic rings. The lowest BCUT2D eigenvalue weighted by Gasteiger charge is -2.36. The smallest absolute Gasteiger partial charge is 0.240 e. The molecule has 2 aromatic heterocycles. The van der Waals surface area contributed by atoms with E-state index in [4.69, 9.17) is 9.72 Å². The average molecular weight is 683 g/mol. The molecule has 2 aromatic carbocycles. The first-order chi connectivity index (χ1) is 24.4. The monoisotopic (exact) mass is 682 g/mol. The summed E-state index contributed by atoms with van der Waals surface area (Å²) in [7, 11) is 0. The van der Waals surface area contributed by atoms with Gasteiger partial charge >= 0.3 is 0 Å². The van der Waals surface area contributed by atoms with E-state index in [0.717, 1.165) is 17.0 Å². The number of carbonyl (C=O) groups is 4. The van der Waals surface area contributed by atoms with E-state index < -0.39 is 17.8 Å². The average Bonchev–Trinajstić information content (AvgIpc) is 3.53. The van der Waals surface area contributed by atoms with E-state index in [9.17, 15) is 23.6 Å². The molecule has 260 valence electrons. The van der Waals surface area contributed by atoms with Crippen molar-refractivity contribution in [1.29, 1.82) is 0 Å². The van der Waals surface area contributed by atoms with Crippen LogP contribution in [-0.4, -0.2) is 92.3 Å². The number of imidazole rings is 1. The molecule has 50 heavy (non-hydrogen) atoms. The zero-order chi connectivity index (χ0) is 34.9. The van der Waals surface area contributed by atoms with Crippen molar-refractivity contribution in [2.45, 2.75) is 44.7 Å². The van der Waals surface area contributed by atoms with Crippen LogP contribution in [0.4, 0.5) is 4.39 Å². The minimum atomic E-state index is -0.502. The quantitative estimate of drug-likeness (QED) is 0.325. The van der Waals surface area contributed by atoms with Gasteiger partial charge in [-0.1, -0.05) is 30.3 Å². The van der Waals surface area contributed by atoms with Gasteiger partial charge in [-0.2, -0.15) is 0 Å². The van der Waals surface area contributed by atoms with E-state index in [1.165, 1.54) is 17.0 Å². The van der Waals surface area contributed by atoms with Crippen LogP contribution in [0.3, 0.4) is 0 Å². The minimum absolute atomic E-state index is 0.0253. The molecule has 2 N–H and O–H groups in total. The number of nitrogens with zero attached hydrogens (tertiary/aromatic N) is 6. The molecule has 0 radical (unpaired) electrons. The van der Waals surface area contributed by atoms with Gasteiger partial charge in [0.1, 0.15) is 24.2 Å². The molecule has 0 spiro atoms. The molecule has 0 saturated heterocycles. The van der Waals surface area contributed by atoms with Gasteiger partial charge in [-0.3, -0.25) is 29.1 Å². The summed E-state index contributed by atoms with van der Waals surface area (Å²) >= 11 is 0. The van der Waals surface area contributed by atoms with E-state index in [-0.39, 0.29) is 62.3 Å². The predicted octanol–water partition coefficient (Wildman–Crippen LogP) is 2.01. The maximum Gasteiger partial charge on any atom is 0.240 e. The molecule has 4 heterocycles. The van der Waals surface area contributed by atoms with Crippen LogP contribution in [0.5, 0.6) is 5.75 Å². The Hall–Kier alpha value is -5.66. The fraction of sp³-hybridized carbons (Fsp3) is 0.361. The van der Waals surface area contributed by atoms with Crippen LogP contribution in [-0.2, 0) is 45.0 Å². The molecule has 4 amide bonds. The topological polar surface area (TPSA) is 152 Å². The molecule has 0 aliphatic carbocycles. The Kier molecular flexibility index (Phi) is 11.1. The highest BCUT2D eigenvalue weighted by Gasteiger charge is 2.35. The molecule has 1 atom stereocenters. The first kappa shape index (κ1) is 34.2. The van der Waals surface area contributed by atoms with Crippen molar-refractivity contribution in [2.75, 3.05) is 39.3 Å². The number of halogens is 1. The largest absolute Gasteiger partial charge is 0.494 e. The van der Waals surface area contributed by atoms with Gasteiger partial charge in [-0.05, 0) is 42.2 Å². The van der Waals surface area contributed by atoms with E-state index >= 15 is 0 Å². The van der Waals surface area contributed by atoms with Gasteiger partial charge in [0.25, 0.3) is 0 Å². The lowest BCUT2D eigenvalue weighted by Crippen LogP contribution is -2.45. The maximum absolute atomic E-state index is 14.3. The van der Waals surface area contributed by atoms with E-state index in [1.54, 1.807) is 41.6 Å². The number of aromatic nitrogens is 4. The lowest BCUT2D eigenvalue weighted by molar-refractivity contribution is -0.135. The fourth-order valence-corrected chi connectivity index (χ4v) is 6.25. The highest BCUT2D eigenvalue weighted by Crippen LogP contribution is 2.36. The SMILES string of the molecule is O=C1CN(C(=O)Cc2ccccc2F)CCNC(=O)Cn2cnc3c2CCN(C(=O)CCc2cnccn2)C3c2cccc(c2)OCCCN1. The summed E-state index contributed by atoms with van der Waals surface area (Å²) in [4.78, 5) is 69.2. The first-order valence-corrected chi connectivity index (χ1v) is 16.7. The third kappa shape index (κ3) is 8.49. The summed E-state index contributed by atoms with van der Waals surface area (Å²) in [5.74, 6) is -1.07. The lowest BCUT2D eigenvalue weighted by atomic mass is 9.94. The number of rotatable bonds is 5. The zero-order valence-electron chi connectivity index (χ0n) is 27.6. The molecule has 0 saturated carbocycles. The summed E-state index contributed by atoms with van der Waals surface area (Å²) in [5.41, 5.74) is 3.32. The van der Waals surface area contributed by atoms with Gasteiger partial charge in [0.15, 0.2) is 0 Å². The second-order valence-electron chi connectivity index (χ2n) is 12.2.